The first kappa shape index (κ1) is 13.3. The second kappa shape index (κ2) is 5.75. The van der Waals surface area contributed by atoms with Gasteiger partial charge in [0.1, 0.15) is 0 Å². The SMILES string of the molecule is O=C(NC1CCCC1CCl)c1ccc2nccnc2c1. The second-order valence-corrected chi connectivity index (χ2v) is 5.49. The summed E-state index contributed by atoms with van der Waals surface area (Å²) in [5.74, 6) is 0.939. The number of nitrogens with one attached hydrogen (secondary N) is 1. The van der Waals surface area contributed by atoms with Crippen LogP contribution in [-0.2, 0) is 0 Å². The molecule has 0 bridgehead atoms. The van der Waals surface area contributed by atoms with Crippen molar-refractivity contribution in [3.05, 3.63) is 36.2 Å². The number of fused-ring (bicyclic) bond motifs is 1. The number of halogens is 1. The lowest BCUT2D eigenvalue weighted by molar-refractivity contribution is 0.0930. The van der Waals surface area contributed by atoms with E-state index in [1.165, 1.54) is 0 Å². The van der Waals surface area contributed by atoms with Gasteiger partial charge in [0.25, 0.3) is 5.91 Å². The van der Waals surface area contributed by atoms with Gasteiger partial charge in [-0.25, -0.2) is 0 Å². The summed E-state index contributed by atoms with van der Waals surface area (Å²) in [4.78, 5) is 20.7. The van der Waals surface area contributed by atoms with Gasteiger partial charge in [-0.2, -0.15) is 0 Å². The molecule has 2 unspecified atom stereocenters. The monoisotopic (exact) mass is 289 g/mol. The molecule has 2 atom stereocenters. The molecule has 1 N–H and O–H groups in total. The zero-order valence-electron chi connectivity index (χ0n) is 11.1. The Morgan fingerprint density at radius 2 is 2.05 bits per heavy atom. The molecule has 1 aliphatic rings. The van der Waals surface area contributed by atoms with Crippen molar-refractivity contribution >= 4 is 28.5 Å². The molecule has 1 heterocycles. The van der Waals surface area contributed by atoms with Crippen molar-refractivity contribution < 1.29 is 4.79 Å². The van der Waals surface area contributed by atoms with Crippen molar-refractivity contribution in [3.63, 3.8) is 0 Å². The van der Waals surface area contributed by atoms with Crippen LogP contribution in [0.5, 0.6) is 0 Å². The van der Waals surface area contributed by atoms with Crippen LogP contribution in [0.25, 0.3) is 11.0 Å². The van der Waals surface area contributed by atoms with Gasteiger partial charge in [0.2, 0.25) is 0 Å². The number of amides is 1. The van der Waals surface area contributed by atoms with Crippen LogP contribution in [0.3, 0.4) is 0 Å². The maximum Gasteiger partial charge on any atom is 0.251 e. The van der Waals surface area contributed by atoms with Gasteiger partial charge in [-0.05, 0) is 37.0 Å². The predicted molar refractivity (Wildman–Crippen MR) is 78.9 cm³/mol. The normalized spacial score (nSPS) is 22.1. The molecule has 1 saturated carbocycles. The number of hydrogen-bond acceptors (Lipinski definition) is 3. The number of carbonyl (C=O) groups excluding carboxylic acids is 1. The summed E-state index contributed by atoms with van der Waals surface area (Å²) in [7, 11) is 0. The average Bonchev–Trinajstić information content (AvgIpc) is 2.94. The molecule has 1 aromatic carbocycles. The largest absolute Gasteiger partial charge is 0.349 e. The van der Waals surface area contributed by atoms with Crippen LogP contribution in [-0.4, -0.2) is 27.8 Å². The van der Waals surface area contributed by atoms with E-state index in [1.807, 2.05) is 6.07 Å². The molecular weight excluding hydrogens is 274 g/mol. The molecule has 5 heteroatoms. The molecule has 0 radical (unpaired) electrons. The Balaban J connectivity index is 1.78. The maximum absolute atomic E-state index is 12.3. The minimum atomic E-state index is -0.0560. The van der Waals surface area contributed by atoms with Crippen molar-refractivity contribution in [2.24, 2.45) is 5.92 Å². The topological polar surface area (TPSA) is 54.9 Å². The van der Waals surface area contributed by atoms with Gasteiger partial charge in [0, 0.05) is 29.9 Å². The van der Waals surface area contributed by atoms with Crippen molar-refractivity contribution in [1.82, 2.24) is 15.3 Å². The van der Waals surface area contributed by atoms with Gasteiger partial charge in [-0.3, -0.25) is 14.8 Å². The number of benzene rings is 1. The minimum Gasteiger partial charge on any atom is -0.349 e. The van der Waals surface area contributed by atoms with Gasteiger partial charge in [0.15, 0.2) is 0 Å². The lowest BCUT2D eigenvalue weighted by atomic mass is 10.1. The second-order valence-electron chi connectivity index (χ2n) is 5.19. The molecule has 0 aliphatic heterocycles. The zero-order chi connectivity index (χ0) is 13.9. The Bertz CT molecular complexity index is 631. The van der Waals surface area contributed by atoms with Crippen molar-refractivity contribution in [3.8, 4) is 0 Å². The van der Waals surface area contributed by atoms with Crippen LogP contribution in [0.15, 0.2) is 30.6 Å². The molecule has 1 amide bonds. The number of hydrogen-bond donors (Lipinski definition) is 1. The highest BCUT2D eigenvalue weighted by molar-refractivity contribution is 6.18. The Labute approximate surface area is 122 Å². The molecule has 104 valence electrons. The first-order chi connectivity index (χ1) is 9.78. The summed E-state index contributed by atoms with van der Waals surface area (Å²) in [5, 5.41) is 3.09. The van der Waals surface area contributed by atoms with Crippen molar-refractivity contribution in [2.75, 3.05) is 5.88 Å². The van der Waals surface area contributed by atoms with E-state index in [-0.39, 0.29) is 11.9 Å². The molecule has 2 aromatic rings. The quantitative estimate of drug-likeness (QED) is 0.884. The van der Waals surface area contributed by atoms with E-state index in [4.69, 9.17) is 11.6 Å². The summed E-state index contributed by atoms with van der Waals surface area (Å²) < 4.78 is 0. The number of alkyl halides is 1. The fourth-order valence-corrected chi connectivity index (χ4v) is 3.14. The Kier molecular flexibility index (Phi) is 3.83. The molecule has 1 aromatic heterocycles. The van der Waals surface area contributed by atoms with E-state index in [1.54, 1.807) is 24.5 Å². The van der Waals surface area contributed by atoms with Gasteiger partial charge < -0.3 is 5.32 Å². The van der Waals surface area contributed by atoms with Gasteiger partial charge in [-0.1, -0.05) is 6.42 Å². The fourth-order valence-electron chi connectivity index (χ4n) is 2.77. The molecular formula is C15H16ClN3O. The zero-order valence-corrected chi connectivity index (χ0v) is 11.8. The van der Waals surface area contributed by atoms with Crippen LogP contribution < -0.4 is 5.32 Å². The molecule has 1 fully saturated rings. The minimum absolute atomic E-state index is 0.0560. The molecule has 3 rings (SSSR count). The van der Waals surface area contributed by atoms with Crippen LogP contribution in [0.4, 0.5) is 0 Å². The molecule has 0 spiro atoms. The highest BCUT2D eigenvalue weighted by atomic mass is 35.5. The molecule has 1 aliphatic carbocycles. The standard InChI is InChI=1S/C15H16ClN3O/c16-9-11-2-1-3-12(11)19-15(20)10-4-5-13-14(8-10)18-7-6-17-13/h4-8,11-12H,1-3,9H2,(H,19,20). The molecule has 4 nitrogen and oxygen atoms in total. The maximum atomic E-state index is 12.3. The number of rotatable bonds is 3. The Hall–Kier alpha value is -1.68. The number of carbonyl (C=O) groups is 1. The van der Waals surface area contributed by atoms with Crippen LogP contribution in [0.1, 0.15) is 29.6 Å². The van der Waals surface area contributed by atoms with E-state index >= 15 is 0 Å². The summed E-state index contributed by atoms with van der Waals surface area (Å²) >= 11 is 5.94. The van der Waals surface area contributed by atoms with E-state index in [0.29, 0.717) is 17.4 Å². The summed E-state index contributed by atoms with van der Waals surface area (Å²) in [5.41, 5.74) is 2.15. The third kappa shape index (κ3) is 2.61. The average molecular weight is 290 g/mol. The number of nitrogens with zero attached hydrogens (tertiary/aromatic N) is 2. The highest BCUT2D eigenvalue weighted by Crippen LogP contribution is 2.27. The van der Waals surface area contributed by atoms with Crippen LogP contribution in [0, 0.1) is 5.92 Å². The fraction of sp³-hybridized carbons (Fsp3) is 0.400. The van der Waals surface area contributed by atoms with Crippen molar-refractivity contribution in [2.45, 2.75) is 25.3 Å². The smallest absolute Gasteiger partial charge is 0.251 e. The number of aromatic nitrogens is 2. The first-order valence-electron chi connectivity index (χ1n) is 6.85. The first-order valence-corrected chi connectivity index (χ1v) is 7.39. The van der Waals surface area contributed by atoms with Gasteiger partial charge >= 0.3 is 0 Å². The summed E-state index contributed by atoms with van der Waals surface area (Å²) in [6.45, 7) is 0. The predicted octanol–water partition coefficient (Wildman–Crippen LogP) is 2.77. The third-order valence-corrected chi connectivity index (χ3v) is 4.30. The Morgan fingerprint density at radius 3 is 2.85 bits per heavy atom. The Morgan fingerprint density at radius 1 is 1.25 bits per heavy atom. The molecule has 0 saturated heterocycles. The van der Waals surface area contributed by atoms with E-state index in [9.17, 15) is 4.79 Å². The molecule has 20 heavy (non-hydrogen) atoms. The highest BCUT2D eigenvalue weighted by Gasteiger charge is 2.28. The lowest BCUT2D eigenvalue weighted by Crippen LogP contribution is -2.37. The van der Waals surface area contributed by atoms with Gasteiger partial charge in [0.05, 0.1) is 11.0 Å². The van der Waals surface area contributed by atoms with E-state index in [2.05, 4.69) is 15.3 Å². The van der Waals surface area contributed by atoms with E-state index < -0.39 is 0 Å². The van der Waals surface area contributed by atoms with Gasteiger partial charge in [-0.15, -0.1) is 11.6 Å². The van der Waals surface area contributed by atoms with Crippen molar-refractivity contribution in [1.29, 1.82) is 0 Å². The van der Waals surface area contributed by atoms with Crippen LogP contribution in [0.2, 0.25) is 0 Å². The van der Waals surface area contributed by atoms with E-state index in [0.717, 1.165) is 30.3 Å². The third-order valence-electron chi connectivity index (χ3n) is 3.91. The summed E-state index contributed by atoms with van der Waals surface area (Å²) in [6.07, 6.45) is 6.51. The summed E-state index contributed by atoms with van der Waals surface area (Å²) in [6, 6.07) is 5.59. The van der Waals surface area contributed by atoms with Crippen LogP contribution >= 0.6 is 11.6 Å². The lowest BCUT2D eigenvalue weighted by Gasteiger charge is -2.18.